The molecule has 1 fully saturated rings. The van der Waals surface area contributed by atoms with E-state index in [0.717, 1.165) is 38.0 Å². The van der Waals surface area contributed by atoms with Gasteiger partial charge in [-0.25, -0.2) is 13.2 Å². The number of hydrogen-bond acceptors (Lipinski definition) is 6. The van der Waals surface area contributed by atoms with Crippen LogP contribution in [0.25, 0.3) is 0 Å². The van der Waals surface area contributed by atoms with Crippen LogP contribution in [-0.4, -0.2) is 42.7 Å². The molecule has 2 aromatic rings. The lowest BCUT2D eigenvalue weighted by Crippen LogP contribution is -2.30. The molecule has 0 amide bonds. The molecule has 0 aliphatic carbocycles. The molecule has 34 heavy (non-hydrogen) atoms. The molecule has 1 N–H and O–H groups in total. The SMILES string of the molecule is COC(=O)c1ccc(C#C[Si](C)(C)C)c(S(=O)(=O)Nc2cc(C#N)ccc2N2CCCCC2)c1. The first-order valence-corrected chi connectivity index (χ1v) is 16.1. The van der Waals surface area contributed by atoms with Crippen molar-refractivity contribution in [2.45, 2.75) is 43.8 Å². The second-order valence-electron chi connectivity index (χ2n) is 9.20. The molecule has 1 aliphatic rings. The summed E-state index contributed by atoms with van der Waals surface area (Å²) in [6, 6.07) is 11.4. The van der Waals surface area contributed by atoms with Gasteiger partial charge in [-0.05, 0) is 55.7 Å². The largest absolute Gasteiger partial charge is 0.465 e. The maximum atomic E-state index is 13.6. The van der Waals surface area contributed by atoms with Crippen LogP contribution in [0.4, 0.5) is 11.4 Å². The highest BCUT2D eigenvalue weighted by molar-refractivity contribution is 7.92. The Labute approximate surface area is 202 Å². The third-order valence-corrected chi connectivity index (χ3v) is 7.61. The third kappa shape index (κ3) is 6.19. The van der Waals surface area contributed by atoms with Gasteiger partial charge in [0.1, 0.15) is 13.0 Å². The molecule has 1 saturated heterocycles. The van der Waals surface area contributed by atoms with E-state index in [0.29, 0.717) is 16.8 Å². The number of benzene rings is 2. The standard InChI is InChI=1S/C25H29N3O4SSi/c1-32-25(29)21-10-9-20(12-15-34(2,3)4)24(17-21)33(30,31)27-22-16-19(18-26)8-11-23(22)28-13-6-5-7-14-28/h8-11,16-17,27H,5-7,13-14H2,1-4H3. The Bertz CT molecular complexity index is 1290. The molecule has 0 spiro atoms. The second kappa shape index (κ2) is 10.3. The van der Waals surface area contributed by atoms with E-state index in [1.807, 2.05) is 0 Å². The monoisotopic (exact) mass is 495 g/mol. The van der Waals surface area contributed by atoms with Crippen LogP contribution in [0.3, 0.4) is 0 Å². The summed E-state index contributed by atoms with van der Waals surface area (Å²) in [7, 11) is -4.69. The summed E-state index contributed by atoms with van der Waals surface area (Å²) < 4.78 is 34.7. The Morgan fingerprint density at radius 2 is 1.79 bits per heavy atom. The number of hydrogen-bond donors (Lipinski definition) is 1. The van der Waals surface area contributed by atoms with Crippen LogP contribution in [-0.2, 0) is 14.8 Å². The lowest BCUT2D eigenvalue weighted by atomic mass is 10.1. The maximum Gasteiger partial charge on any atom is 0.337 e. The Kier molecular flexibility index (Phi) is 7.70. The smallest absolute Gasteiger partial charge is 0.337 e. The molecule has 7 nitrogen and oxygen atoms in total. The fourth-order valence-electron chi connectivity index (χ4n) is 3.65. The number of esters is 1. The summed E-state index contributed by atoms with van der Waals surface area (Å²) in [5.41, 5.74) is 5.00. The highest BCUT2D eigenvalue weighted by Crippen LogP contribution is 2.32. The van der Waals surface area contributed by atoms with Gasteiger partial charge in [0.05, 0.1) is 35.7 Å². The first-order chi connectivity index (χ1) is 16.0. The minimum atomic E-state index is -4.14. The van der Waals surface area contributed by atoms with Gasteiger partial charge in [0.2, 0.25) is 0 Å². The van der Waals surface area contributed by atoms with Crippen molar-refractivity contribution in [3.05, 3.63) is 53.1 Å². The van der Waals surface area contributed by atoms with E-state index in [-0.39, 0.29) is 10.5 Å². The molecular formula is C25H29N3O4SSi. The highest BCUT2D eigenvalue weighted by atomic mass is 32.2. The van der Waals surface area contributed by atoms with Crippen LogP contribution in [0.15, 0.2) is 41.3 Å². The van der Waals surface area contributed by atoms with E-state index >= 15 is 0 Å². The Hall–Kier alpha value is -3.27. The zero-order chi connectivity index (χ0) is 24.9. The molecule has 0 atom stereocenters. The molecule has 0 bridgehead atoms. The predicted molar refractivity (Wildman–Crippen MR) is 136 cm³/mol. The summed E-state index contributed by atoms with van der Waals surface area (Å²) in [4.78, 5) is 14.1. The van der Waals surface area contributed by atoms with Crippen molar-refractivity contribution < 1.29 is 17.9 Å². The van der Waals surface area contributed by atoms with E-state index in [2.05, 4.69) is 46.8 Å². The summed E-state index contributed by atoms with van der Waals surface area (Å²) in [5.74, 6) is 2.37. The van der Waals surface area contributed by atoms with Gasteiger partial charge in [-0.1, -0.05) is 25.6 Å². The fourth-order valence-corrected chi connectivity index (χ4v) is 5.41. The number of nitrogens with zero attached hydrogens (tertiary/aromatic N) is 2. The molecular weight excluding hydrogens is 466 g/mol. The third-order valence-electron chi connectivity index (χ3n) is 5.33. The quantitative estimate of drug-likeness (QED) is 0.376. The summed E-state index contributed by atoms with van der Waals surface area (Å²) in [6.07, 6.45) is 3.17. The number of ether oxygens (including phenoxy) is 1. The minimum Gasteiger partial charge on any atom is -0.465 e. The average molecular weight is 496 g/mol. The molecule has 3 rings (SSSR count). The van der Waals surface area contributed by atoms with Crippen molar-refractivity contribution in [1.82, 2.24) is 0 Å². The van der Waals surface area contributed by atoms with Crippen molar-refractivity contribution in [2.75, 3.05) is 29.8 Å². The fraction of sp³-hybridized carbons (Fsp3) is 0.360. The number of rotatable bonds is 5. The summed E-state index contributed by atoms with van der Waals surface area (Å²) >= 11 is 0. The molecule has 178 valence electrons. The number of carbonyl (C=O) groups excluding carboxylic acids is 1. The molecule has 9 heteroatoms. The molecule has 0 aromatic heterocycles. The number of methoxy groups -OCH3 is 1. The molecule has 2 aromatic carbocycles. The van der Waals surface area contributed by atoms with E-state index in [9.17, 15) is 18.5 Å². The lowest BCUT2D eigenvalue weighted by Gasteiger charge is -2.30. The first-order valence-electron chi connectivity index (χ1n) is 11.1. The van der Waals surface area contributed by atoms with Crippen LogP contribution in [0.1, 0.15) is 40.7 Å². The van der Waals surface area contributed by atoms with Crippen LogP contribution in [0.5, 0.6) is 0 Å². The van der Waals surface area contributed by atoms with E-state index in [1.165, 1.54) is 25.3 Å². The van der Waals surface area contributed by atoms with Gasteiger partial charge in [-0.3, -0.25) is 4.72 Å². The number of sulfonamides is 1. The highest BCUT2D eigenvalue weighted by Gasteiger charge is 2.24. The van der Waals surface area contributed by atoms with Crippen LogP contribution in [0.2, 0.25) is 19.6 Å². The summed E-state index contributed by atoms with van der Waals surface area (Å²) in [6.45, 7) is 7.81. The van der Waals surface area contributed by atoms with Crippen LogP contribution in [0, 0.1) is 22.8 Å². The van der Waals surface area contributed by atoms with Gasteiger partial charge in [0, 0.05) is 18.7 Å². The van der Waals surface area contributed by atoms with E-state index in [4.69, 9.17) is 4.74 Å². The van der Waals surface area contributed by atoms with Gasteiger partial charge < -0.3 is 9.64 Å². The van der Waals surface area contributed by atoms with Gasteiger partial charge in [-0.15, -0.1) is 5.54 Å². The molecule has 0 unspecified atom stereocenters. The Morgan fingerprint density at radius 3 is 2.41 bits per heavy atom. The molecule has 0 saturated carbocycles. The van der Waals surface area contributed by atoms with Crippen molar-refractivity contribution in [1.29, 1.82) is 5.26 Å². The molecule has 1 heterocycles. The number of anilines is 2. The zero-order valence-corrected chi connectivity index (χ0v) is 21.8. The number of nitriles is 1. The number of nitrogens with one attached hydrogen (secondary N) is 1. The van der Waals surface area contributed by atoms with Gasteiger partial charge in [-0.2, -0.15) is 5.26 Å². The van der Waals surface area contributed by atoms with Crippen molar-refractivity contribution in [3.8, 4) is 17.5 Å². The van der Waals surface area contributed by atoms with E-state index < -0.39 is 24.1 Å². The lowest BCUT2D eigenvalue weighted by molar-refractivity contribution is 0.0600. The first kappa shape index (κ1) is 25.4. The van der Waals surface area contributed by atoms with Crippen molar-refractivity contribution >= 4 is 35.4 Å². The predicted octanol–water partition coefficient (Wildman–Crippen LogP) is 4.36. The number of piperidine rings is 1. The topological polar surface area (TPSA) is 99.5 Å². The van der Waals surface area contributed by atoms with Gasteiger partial charge in [0.15, 0.2) is 0 Å². The zero-order valence-electron chi connectivity index (χ0n) is 19.9. The minimum absolute atomic E-state index is 0.104. The molecule has 1 aliphatic heterocycles. The Balaban J connectivity index is 2.12. The van der Waals surface area contributed by atoms with Crippen molar-refractivity contribution in [3.63, 3.8) is 0 Å². The average Bonchev–Trinajstić information content (AvgIpc) is 2.81. The van der Waals surface area contributed by atoms with Crippen LogP contribution >= 0.6 is 0 Å². The number of carbonyl (C=O) groups is 1. The maximum absolute atomic E-state index is 13.6. The van der Waals surface area contributed by atoms with Gasteiger partial charge in [0.25, 0.3) is 10.0 Å². The van der Waals surface area contributed by atoms with Crippen molar-refractivity contribution in [2.24, 2.45) is 0 Å². The van der Waals surface area contributed by atoms with Crippen LogP contribution < -0.4 is 9.62 Å². The second-order valence-corrected chi connectivity index (χ2v) is 15.6. The normalized spacial score (nSPS) is 13.9. The van der Waals surface area contributed by atoms with E-state index in [1.54, 1.807) is 18.2 Å². The molecule has 0 radical (unpaired) electrons. The van der Waals surface area contributed by atoms with Gasteiger partial charge >= 0.3 is 5.97 Å². The summed E-state index contributed by atoms with van der Waals surface area (Å²) in [5, 5.41) is 9.39. The Morgan fingerprint density at radius 1 is 1.09 bits per heavy atom.